The van der Waals surface area contributed by atoms with Crippen LogP contribution in [-0.4, -0.2) is 11.8 Å². The molecule has 4 nitrogen and oxygen atoms in total. The fourth-order valence-corrected chi connectivity index (χ4v) is 2.40. The van der Waals surface area contributed by atoms with Crippen LogP contribution in [0.15, 0.2) is 46.9 Å². The molecular weight excluding hydrogens is 363 g/mol. The minimum atomic E-state index is -0.391. The van der Waals surface area contributed by atoms with E-state index in [1.807, 2.05) is 19.1 Å². The fraction of sp³-hybridized carbons (Fsp3) is 0.176. The molecule has 0 unspecified atom stereocenters. The van der Waals surface area contributed by atoms with Gasteiger partial charge in [0.2, 0.25) is 5.91 Å². The zero-order valence-corrected chi connectivity index (χ0v) is 14.1. The molecule has 0 aliphatic rings. The summed E-state index contributed by atoms with van der Waals surface area (Å²) in [6, 6.07) is 11.5. The van der Waals surface area contributed by atoms with E-state index >= 15 is 0 Å². The molecule has 2 N–H and O–H groups in total. The van der Waals surface area contributed by atoms with Gasteiger partial charge in [0, 0.05) is 5.56 Å². The number of hydrogen-bond acceptors (Lipinski definition) is 2. The Balaban J connectivity index is 1.87. The van der Waals surface area contributed by atoms with Crippen LogP contribution in [0, 0.1) is 5.82 Å². The van der Waals surface area contributed by atoms with Crippen LogP contribution in [0.25, 0.3) is 0 Å². The topological polar surface area (TPSA) is 58.2 Å². The van der Waals surface area contributed by atoms with Gasteiger partial charge in [-0.25, -0.2) is 4.39 Å². The Bertz CT molecular complexity index is 717. The Hall–Kier alpha value is -2.21. The van der Waals surface area contributed by atoms with E-state index in [1.54, 1.807) is 12.1 Å². The molecule has 6 heteroatoms. The van der Waals surface area contributed by atoms with Crippen LogP contribution in [0.3, 0.4) is 0 Å². The number of hydrogen-bond donors (Lipinski definition) is 2. The standard InChI is InChI=1S/C17H16BrFN2O2/c1-2-11-3-6-13(7-4-11)17(23)21-20-16(22)10-12-5-8-15(19)14(18)9-12/h3-9H,2,10H2,1H3,(H,20,22)(H,21,23). The van der Waals surface area contributed by atoms with Gasteiger partial charge in [-0.05, 0) is 57.7 Å². The lowest BCUT2D eigenvalue weighted by atomic mass is 10.1. The molecule has 0 saturated heterocycles. The molecule has 0 radical (unpaired) electrons. The van der Waals surface area contributed by atoms with Crippen molar-refractivity contribution in [3.63, 3.8) is 0 Å². The Morgan fingerprint density at radius 2 is 1.70 bits per heavy atom. The molecule has 0 aliphatic heterocycles. The summed E-state index contributed by atoms with van der Waals surface area (Å²) in [6.45, 7) is 2.03. The van der Waals surface area contributed by atoms with Gasteiger partial charge < -0.3 is 0 Å². The molecule has 0 heterocycles. The summed E-state index contributed by atoms with van der Waals surface area (Å²) in [5.41, 5.74) is 6.94. The number of benzene rings is 2. The summed E-state index contributed by atoms with van der Waals surface area (Å²) >= 11 is 3.06. The van der Waals surface area contributed by atoms with Crippen molar-refractivity contribution in [3.8, 4) is 0 Å². The zero-order chi connectivity index (χ0) is 16.8. The Labute approximate surface area is 142 Å². The van der Waals surface area contributed by atoms with Gasteiger partial charge in [-0.15, -0.1) is 0 Å². The van der Waals surface area contributed by atoms with Crippen LogP contribution >= 0.6 is 15.9 Å². The van der Waals surface area contributed by atoms with Crippen molar-refractivity contribution in [1.82, 2.24) is 10.9 Å². The number of carbonyl (C=O) groups excluding carboxylic acids is 2. The highest BCUT2D eigenvalue weighted by molar-refractivity contribution is 9.10. The third-order valence-electron chi connectivity index (χ3n) is 3.29. The maximum absolute atomic E-state index is 13.1. The van der Waals surface area contributed by atoms with Crippen LogP contribution in [0.4, 0.5) is 4.39 Å². The lowest BCUT2D eigenvalue weighted by molar-refractivity contribution is -0.121. The molecule has 0 bridgehead atoms. The predicted octanol–water partition coefficient (Wildman–Crippen LogP) is 3.15. The maximum atomic E-state index is 13.1. The number of amides is 2. The Morgan fingerprint density at radius 3 is 2.30 bits per heavy atom. The summed E-state index contributed by atoms with van der Waals surface area (Å²) in [7, 11) is 0. The van der Waals surface area contributed by atoms with E-state index in [2.05, 4.69) is 26.8 Å². The summed E-state index contributed by atoms with van der Waals surface area (Å²) in [6.07, 6.45) is 0.930. The summed E-state index contributed by atoms with van der Waals surface area (Å²) < 4.78 is 13.4. The number of rotatable bonds is 4. The van der Waals surface area contributed by atoms with Crippen LogP contribution in [-0.2, 0) is 17.6 Å². The second kappa shape index (κ2) is 7.87. The molecule has 0 fully saturated rings. The number of halogens is 2. The van der Waals surface area contributed by atoms with E-state index in [1.165, 1.54) is 18.2 Å². The molecule has 0 saturated carbocycles. The number of carbonyl (C=O) groups is 2. The molecule has 0 aromatic heterocycles. The van der Waals surface area contributed by atoms with Crippen molar-refractivity contribution >= 4 is 27.7 Å². The largest absolute Gasteiger partial charge is 0.273 e. The van der Waals surface area contributed by atoms with Crippen LogP contribution < -0.4 is 10.9 Å². The van der Waals surface area contributed by atoms with Crippen molar-refractivity contribution < 1.29 is 14.0 Å². The lowest BCUT2D eigenvalue weighted by Crippen LogP contribution is -2.42. The van der Waals surface area contributed by atoms with Gasteiger partial charge in [-0.2, -0.15) is 0 Å². The monoisotopic (exact) mass is 378 g/mol. The number of aryl methyl sites for hydroxylation is 1. The first-order chi connectivity index (χ1) is 11.0. The third kappa shape index (κ3) is 4.89. The van der Waals surface area contributed by atoms with Gasteiger partial charge in [0.1, 0.15) is 5.82 Å². The molecule has 2 aromatic carbocycles. The fourth-order valence-electron chi connectivity index (χ4n) is 1.97. The van der Waals surface area contributed by atoms with Gasteiger partial charge in [-0.3, -0.25) is 20.4 Å². The molecule has 120 valence electrons. The SMILES string of the molecule is CCc1ccc(C(=O)NNC(=O)Cc2ccc(F)c(Br)c2)cc1. The lowest BCUT2D eigenvalue weighted by Gasteiger charge is -2.08. The molecule has 2 amide bonds. The molecule has 0 aliphatic carbocycles. The minimum Gasteiger partial charge on any atom is -0.273 e. The average Bonchev–Trinajstić information content (AvgIpc) is 2.56. The first kappa shape index (κ1) is 17.1. The van der Waals surface area contributed by atoms with E-state index < -0.39 is 5.82 Å². The Morgan fingerprint density at radius 1 is 1.04 bits per heavy atom. The van der Waals surface area contributed by atoms with Gasteiger partial charge in [0.15, 0.2) is 0 Å². The van der Waals surface area contributed by atoms with E-state index in [0.717, 1.165) is 12.0 Å². The highest BCUT2D eigenvalue weighted by atomic mass is 79.9. The van der Waals surface area contributed by atoms with Crippen LogP contribution in [0.1, 0.15) is 28.4 Å². The normalized spacial score (nSPS) is 10.2. The average molecular weight is 379 g/mol. The zero-order valence-electron chi connectivity index (χ0n) is 12.5. The molecular formula is C17H16BrFN2O2. The van der Waals surface area contributed by atoms with Crippen molar-refractivity contribution in [2.45, 2.75) is 19.8 Å². The molecule has 0 atom stereocenters. The third-order valence-corrected chi connectivity index (χ3v) is 3.90. The van der Waals surface area contributed by atoms with Crippen molar-refractivity contribution in [1.29, 1.82) is 0 Å². The van der Waals surface area contributed by atoms with E-state index in [0.29, 0.717) is 15.6 Å². The highest BCUT2D eigenvalue weighted by Crippen LogP contribution is 2.17. The van der Waals surface area contributed by atoms with E-state index in [9.17, 15) is 14.0 Å². The minimum absolute atomic E-state index is 0.0356. The predicted molar refractivity (Wildman–Crippen MR) is 89.2 cm³/mol. The van der Waals surface area contributed by atoms with Gasteiger partial charge in [-0.1, -0.05) is 25.1 Å². The second-order valence-electron chi connectivity index (χ2n) is 4.98. The Kier molecular flexibility index (Phi) is 5.87. The molecule has 2 aromatic rings. The van der Waals surface area contributed by atoms with Crippen molar-refractivity contribution in [2.75, 3.05) is 0 Å². The smallest absolute Gasteiger partial charge is 0.269 e. The van der Waals surface area contributed by atoms with Gasteiger partial charge in [0.05, 0.1) is 10.9 Å². The maximum Gasteiger partial charge on any atom is 0.269 e. The molecule has 0 spiro atoms. The van der Waals surface area contributed by atoms with E-state index in [-0.39, 0.29) is 18.2 Å². The van der Waals surface area contributed by atoms with Crippen LogP contribution in [0.5, 0.6) is 0 Å². The first-order valence-electron chi connectivity index (χ1n) is 7.11. The van der Waals surface area contributed by atoms with Gasteiger partial charge >= 0.3 is 0 Å². The van der Waals surface area contributed by atoms with Crippen molar-refractivity contribution in [3.05, 3.63) is 69.4 Å². The second-order valence-corrected chi connectivity index (χ2v) is 5.83. The summed E-state index contributed by atoms with van der Waals surface area (Å²) in [5.74, 6) is -1.17. The number of hydrazine groups is 1. The summed E-state index contributed by atoms with van der Waals surface area (Å²) in [5, 5.41) is 0. The van der Waals surface area contributed by atoms with E-state index in [4.69, 9.17) is 0 Å². The quantitative estimate of drug-likeness (QED) is 0.802. The van der Waals surface area contributed by atoms with Crippen molar-refractivity contribution in [2.24, 2.45) is 0 Å². The number of nitrogens with one attached hydrogen (secondary N) is 2. The summed E-state index contributed by atoms with van der Waals surface area (Å²) in [4.78, 5) is 23.7. The molecule has 23 heavy (non-hydrogen) atoms. The van der Waals surface area contributed by atoms with Gasteiger partial charge in [0.25, 0.3) is 5.91 Å². The first-order valence-corrected chi connectivity index (χ1v) is 7.91. The van der Waals surface area contributed by atoms with Crippen LogP contribution in [0.2, 0.25) is 0 Å². The highest BCUT2D eigenvalue weighted by Gasteiger charge is 2.09. The molecule has 2 rings (SSSR count).